The first-order valence-electron chi connectivity index (χ1n) is 16.3. The fourth-order valence-electron chi connectivity index (χ4n) is 7.82. The van der Waals surface area contributed by atoms with Crippen LogP contribution in [0.25, 0.3) is 22.2 Å². The van der Waals surface area contributed by atoms with E-state index in [9.17, 15) is 13.6 Å². The molecular weight excluding hydrogens is 583 g/mol. The van der Waals surface area contributed by atoms with E-state index in [1.54, 1.807) is 6.20 Å². The van der Waals surface area contributed by atoms with Crippen molar-refractivity contribution in [3.05, 3.63) is 35.5 Å². The second-order valence-corrected chi connectivity index (χ2v) is 13.2. The van der Waals surface area contributed by atoms with Crippen LogP contribution in [0.15, 0.2) is 18.3 Å². The molecule has 9 nitrogen and oxygen atoms in total. The number of alkyl halides is 1. The summed E-state index contributed by atoms with van der Waals surface area (Å²) in [5, 5.41) is 3.51. The highest BCUT2D eigenvalue weighted by molar-refractivity contribution is 5.92. The molecule has 240 valence electrons. The van der Waals surface area contributed by atoms with Crippen molar-refractivity contribution >= 4 is 28.3 Å². The van der Waals surface area contributed by atoms with E-state index in [1.165, 1.54) is 12.1 Å². The number of carbonyl (C=O) groups excluding carboxylic acids is 1. The number of aromatic nitrogens is 3. The number of pyridine rings is 1. The number of nitrogens with zero attached hydrogens (tertiary/aromatic N) is 5. The summed E-state index contributed by atoms with van der Waals surface area (Å²) in [5.41, 5.74) is 6.48. The van der Waals surface area contributed by atoms with Crippen molar-refractivity contribution in [1.82, 2.24) is 25.2 Å². The SMILES string of the molecule is Nc1cc2c(cc1F)CCCCC(=O)NCC[C@H]1CCCN(C1)c1nc(OC[C@@]34CCCN3C[C@H](F)C4)nc3c(F)c-2ncc13. The van der Waals surface area contributed by atoms with Gasteiger partial charge in [-0.05, 0) is 81.5 Å². The molecule has 5 aliphatic heterocycles. The van der Waals surface area contributed by atoms with Crippen LogP contribution < -0.4 is 20.7 Å². The van der Waals surface area contributed by atoms with Crippen molar-refractivity contribution in [2.75, 3.05) is 50.0 Å². The van der Waals surface area contributed by atoms with E-state index in [0.29, 0.717) is 80.0 Å². The number of aryl methyl sites for hydroxylation is 1. The molecule has 3 aromatic rings. The summed E-state index contributed by atoms with van der Waals surface area (Å²) in [7, 11) is 0. The summed E-state index contributed by atoms with van der Waals surface area (Å²) < 4.78 is 52.0. The third-order valence-electron chi connectivity index (χ3n) is 10.1. The second-order valence-electron chi connectivity index (χ2n) is 13.2. The highest BCUT2D eigenvalue weighted by Crippen LogP contribution is 2.41. The summed E-state index contributed by atoms with van der Waals surface area (Å²) in [4.78, 5) is 30.8. The standard InChI is InChI=1S/C33H40F3N7O2/c34-22-15-33(9-4-12-43(33)18-22)19-45-32-40-30-24-16-39-29(28(30)36)23-14-26(37)25(35)13-21(23)6-1-2-7-27(44)38-10-8-20-5-3-11-42(17-20)31(24)41-32/h13-14,16,20,22H,1-12,15,17-19,37H2,(H,38,44)/t20-,22-,33+/m1/s1. The Balaban J connectivity index is 1.33. The van der Waals surface area contributed by atoms with Gasteiger partial charge in [-0.1, -0.05) is 0 Å². The zero-order valence-electron chi connectivity index (χ0n) is 25.5. The number of benzene rings is 1. The Bertz CT molecular complexity index is 1610. The third kappa shape index (κ3) is 5.89. The molecule has 0 spiro atoms. The molecule has 7 heterocycles. The number of fused-ring (bicyclic) bond motifs is 9. The van der Waals surface area contributed by atoms with Gasteiger partial charge in [0.2, 0.25) is 5.91 Å². The molecule has 1 amide bonds. The van der Waals surface area contributed by atoms with Crippen molar-refractivity contribution in [3.63, 3.8) is 0 Å². The van der Waals surface area contributed by atoms with Crippen LogP contribution in [0.3, 0.4) is 0 Å². The van der Waals surface area contributed by atoms with E-state index in [-0.39, 0.29) is 35.4 Å². The van der Waals surface area contributed by atoms with Gasteiger partial charge in [-0.25, -0.2) is 13.2 Å². The molecule has 3 N–H and O–H groups in total. The molecular formula is C33H40F3N7O2. The number of ether oxygens (including phenoxy) is 1. The molecule has 5 aliphatic rings. The minimum absolute atomic E-state index is 0.00371. The summed E-state index contributed by atoms with van der Waals surface area (Å²) in [6.07, 6.45) is 7.66. The van der Waals surface area contributed by atoms with Crippen molar-refractivity contribution < 1.29 is 22.7 Å². The predicted octanol–water partition coefficient (Wildman–Crippen LogP) is 4.96. The number of amides is 1. The molecule has 0 radical (unpaired) electrons. The number of nitrogens with two attached hydrogens (primary N) is 1. The highest BCUT2D eigenvalue weighted by Gasteiger charge is 2.49. The largest absolute Gasteiger partial charge is 0.461 e. The molecule has 3 atom stereocenters. The molecule has 1 aromatic carbocycles. The van der Waals surface area contributed by atoms with Crippen LogP contribution in [-0.2, 0) is 11.2 Å². The van der Waals surface area contributed by atoms with Crippen LogP contribution in [0.5, 0.6) is 6.01 Å². The van der Waals surface area contributed by atoms with Crippen molar-refractivity contribution in [3.8, 4) is 17.3 Å². The van der Waals surface area contributed by atoms with Crippen LogP contribution in [0, 0.1) is 17.6 Å². The Morgan fingerprint density at radius 3 is 2.82 bits per heavy atom. The van der Waals surface area contributed by atoms with Crippen LogP contribution in [-0.4, -0.2) is 76.8 Å². The number of nitrogens with one attached hydrogen (secondary N) is 1. The minimum Gasteiger partial charge on any atom is -0.461 e. The maximum absolute atomic E-state index is 16.7. The van der Waals surface area contributed by atoms with E-state index >= 15 is 4.39 Å². The monoisotopic (exact) mass is 623 g/mol. The topological polar surface area (TPSA) is 110 Å². The lowest BCUT2D eigenvalue weighted by molar-refractivity contribution is -0.121. The molecule has 2 aromatic heterocycles. The smallest absolute Gasteiger partial charge is 0.319 e. The quantitative estimate of drug-likeness (QED) is 0.395. The number of halogens is 3. The minimum atomic E-state index is -0.902. The van der Waals surface area contributed by atoms with Crippen molar-refractivity contribution in [1.29, 1.82) is 0 Å². The fourth-order valence-corrected chi connectivity index (χ4v) is 7.82. The first-order chi connectivity index (χ1) is 21.8. The lowest BCUT2D eigenvalue weighted by Crippen LogP contribution is -2.43. The van der Waals surface area contributed by atoms with Crippen molar-refractivity contribution in [2.45, 2.75) is 75.9 Å². The zero-order valence-corrected chi connectivity index (χ0v) is 25.5. The fraction of sp³-hybridized carbons (Fsp3) is 0.576. The Morgan fingerprint density at radius 1 is 1.07 bits per heavy atom. The average molecular weight is 624 g/mol. The molecule has 6 bridgehead atoms. The van der Waals surface area contributed by atoms with Gasteiger partial charge in [0.05, 0.1) is 16.6 Å². The molecule has 45 heavy (non-hydrogen) atoms. The van der Waals surface area contributed by atoms with Gasteiger partial charge >= 0.3 is 6.01 Å². The molecule has 0 saturated carbocycles. The zero-order chi connectivity index (χ0) is 31.1. The molecule has 12 heteroatoms. The predicted molar refractivity (Wildman–Crippen MR) is 166 cm³/mol. The molecule has 8 rings (SSSR count). The second kappa shape index (κ2) is 12.3. The average Bonchev–Trinajstić information content (AvgIpc) is 3.55. The first kappa shape index (κ1) is 30.0. The summed E-state index contributed by atoms with van der Waals surface area (Å²) >= 11 is 0. The Morgan fingerprint density at radius 2 is 1.93 bits per heavy atom. The van der Waals surface area contributed by atoms with Gasteiger partial charge < -0.3 is 20.7 Å². The van der Waals surface area contributed by atoms with Gasteiger partial charge in [0.15, 0.2) is 5.82 Å². The lowest BCUT2D eigenvalue weighted by Gasteiger charge is -2.34. The maximum atomic E-state index is 16.7. The first-order valence-corrected chi connectivity index (χ1v) is 16.3. The number of hydrogen-bond acceptors (Lipinski definition) is 8. The van der Waals surface area contributed by atoms with E-state index in [1.807, 2.05) is 0 Å². The number of nitrogen functional groups attached to an aromatic ring is 1. The van der Waals surface area contributed by atoms with Gasteiger partial charge in [0.25, 0.3) is 0 Å². The molecule has 0 unspecified atom stereocenters. The number of carbonyl (C=O) groups is 1. The van der Waals surface area contributed by atoms with Gasteiger partial charge in [0, 0.05) is 50.8 Å². The van der Waals surface area contributed by atoms with Gasteiger partial charge in [-0.15, -0.1) is 0 Å². The summed E-state index contributed by atoms with van der Waals surface area (Å²) in [6.45, 7) is 3.43. The Labute approximate surface area is 260 Å². The summed E-state index contributed by atoms with van der Waals surface area (Å²) in [6, 6.07) is 2.79. The Hall–Kier alpha value is -3.67. The van der Waals surface area contributed by atoms with E-state index in [0.717, 1.165) is 45.2 Å². The van der Waals surface area contributed by atoms with Gasteiger partial charge in [-0.2, -0.15) is 9.97 Å². The van der Waals surface area contributed by atoms with Gasteiger partial charge in [-0.3, -0.25) is 14.7 Å². The third-order valence-corrected chi connectivity index (χ3v) is 10.1. The van der Waals surface area contributed by atoms with Crippen LogP contribution in [0.4, 0.5) is 24.7 Å². The van der Waals surface area contributed by atoms with E-state index < -0.39 is 23.3 Å². The molecule has 0 aliphatic carbocycles. The van der Waals surface area contributed by atoms with E-state index in [4.69, 9.17) is 15.5 Å². The maximum Gasteiger partial charge on any atom is 0.319 e. The Kier molecular flexibility index (Phi) is 8.18. The number of hydrogen-bond donors (Lipinski definition) is 2. The number of anilines is 2. The van der Waals surface area contributed by atoms with Crippen LogP contribution >= 0.6 is 0 Å². The van der Waals surface area contributed by atoms with Gasteiger partial charge in [0.1, 0.15) is 35.6 Å². The summed E-state index contributed by atoms with van der Waals surface area (Å²) in [5.74, 6) is -0.390. The molecule has 3 saturated heterocycles. The van der Waals surface area contributed by atoms with Crippen molar-refractivity contribution in [2.24, 2.45) is 5.92 Å². The number of piperidine rings is 1. The number of rotatable bonds is 3. The highest BCUT2D eigenvalue weighted by atomic mass is 19.1. The normalized spacial score (nSPS) is 26.0. The van der Waals surface area contributed by atoms with Crippen LogP contribution in [0.2, 0.25) is 0 Å². The van der Waals surface area contributed by atoms with E-state index in [2.05, 4.69) is 25.1 Å². The molecule has 3 fully saturated rings. The lowest BCUT2D eigenvalue weighted by atomic mass is 9.94. The van der Waals surface area contributed by atoms with Crippen LogP contribution in [0.1, 0.15) is 63.4 Å².